The molecule has 0 saturated carbocycles. The van der Waals surface area contributed by atoms with Crippen molar-refractivity contribution in [3.8, 4) is 11.5 Å². The van der Waals surface area contributed by atoms with Gasteiger partial charge in [0.2, 0.25) is 5.75 Å². The summed E-state index contributed by atoms with van der Waals surface area (Å²) in [5, 5.41) is 11.1. The van der Waals surface area contributed by atoms with Crippen molar-refractivity contribution in [1.29, 1.82) is 0 Å². The lowest BCUT2D eigenvalue weighted by Crippen LogP contribution is -1.98. The zero-order chi connectivity index (χ0) is 15.4. The zero-order valence-corrected chi connectivity index (χ0v) is 11.2. The van der Waals surface area contributed by atoms with E-state index in [1.54, 1.807) is 6.07 Å². The second-order valence-electron chi connectivity index (χ2n) is 4.29. The van der Waals surface area contributed by atoms with Crippen LogP contribution in [0, 0.1) is 15.9 Å². The van der Waals surface area contributed by atoms with Gasteiger partial charge in [0, 0.05) is 6.07 Å². The van der Waals surface area contributed by atoms with E-state index < -0.39 is 10.7 Å². The van der Waals surface area contributed by atoms with Gasteiger partial charge in [0.15, 0.2) is 17.9 Å². The fraction of sp³-hybridized carbons (Fsp3) is 0.133. The van der Waals surface area contributed by atoms with Gasteiger partial charge in [-0.1, -0.05) is 19.1 Å². The predicted octanol–water partition coefficient (Wildman–Crippen LogP) is 3.90. The molecule has 6 heteroatoms. The highest BCUT2D eigenvalue weighted by molar-refractivity contribution is 5.79. The Kier molecular flexibility index (Phi) is 4.27. The van der Waals surface area contributed by atoms with Gasteiger partial charge in [-0.25, -0.2) is 4.39 Å². The number of para-hydroxylation sites is 1. The van der Waals surface area contributed by atoms with E-state index in [0.29, 0.717) is 12.7 Å². The Labute approximate surface area is 120 Å². The molecule has 0 aliphatic rings. The molecule has 2 aromatic carbocycles. The van der Waals surface area contributed by atoms with Gasteiger partial charge in [-0.15, -0.1) is 0 Å². The van der Waals surface area contributed by atoms with Crippen LogP contribution < -0.4 is 4.74 Å². The average Bonchev–Trinajstić information content (AvgIpc) is 2.49. The maximum atomic E-state index is 13.7. The Morgan fingerprint density at radius 2 is 2.10 bits per heavy atom. The van der Waals surface area contributed by atoms with Crippen LogP contribution in [-0.2, 0) is 6.42 Å². The number of carbonyl (C=O) groups is 1. The van der Waals surface area contributed by atoms with Crippen molar-refractivity contribution >= 4 is 12.0 Å². The van der Waals surface area contributed by atoms with E-state index in [2.05, 4.69) is 0 Å². The monoisotopic (exact) mass is 289 g/mol. The molecule has 0 aromatic heterocycles. The first-order valence-electron chi connectivity index (χ1n) is 6.25. The number of halogens is 1. The number of nitrogens with zero attached hydrogens (tertiary/aromatic N) is 1. The predicted molar refractivity (Wildman–Crippen MR) is 74.3 cm³/mol. The van der Waals surface area contributed by atoms with Gasteiger partial charge in [-0.3, -0.25) is 14.9 Å². The summed E-state index contributed by atoms with van der Waals surface area (Å²) in [6.07, 6.45) is 1.06. The van der Waals surface area contributed by atoms with Crippen molar-refractivity contribution in [2.45, 2.75) is 13.3 Å². The molecule has 0 N–H and O–H groups in total. The molecule has 0 amide bonds. The third-order valence-corrected chi connectivity index (χ3v) is 2.96. The summed E-state index contributed by atoms with van der Waals surface area (Å²) >= 11 is 0. The number of nitro benzene ring substituents is 1. The number of hydrogen-bond donors (Lipinski definition) is 0. The summed E-state index contributed by atoms with van der Waals surface area (Å²) in [5.41, 5.74) is 0.483. The first-order valence-corrected chi connectivity index (χ1v) is 6.25. The van der Waals surface area contributed by atoms with Crippen LogP contribution in [0.25, 0.3) is 0 Å². The van der Waals surface area contributed by atoms with E-state index >= 15 is 0 Å². The molecule has 0 spiro atoms. The van der Waals surface area contributed by atoms with Crippen LogP contribution in [0.3, 0.4) is 0 Å². The normalized spacial score (nSPS) is 10.2. The van der Waals surface area contributed by atoms with Crippen molar-refractivity contribution in [2.75, 3.05) is 0 Å². The molecule has 0 radical (unpaired) electrons. The molecule has 0 atom stereocenters. The van der Waals surface area contributed by atoms with Gasteiger partial charge < -0.3 is 4.74 Å². The summed E-state index contributed by atoms with van der Waals surface area (Å²) in [5.74, 6) is -1.18. The summed E-state index contributed by atoms with van der Waals surface area (Å²) in [6, 6.07) is 8.28. The molecule has 21 heavy (non-hydrogen) atoms. The van der Waals surface area contributed by atoms with Crippen LogP contribution in [0.4, 0.5) is 10.1 Å². The van der Waals surface area contributed by atoms with Gasteiger partial charge >= 0.3 is 5.69 Å². The summed E-state index contributed by atoms with van der Waals surface area (Å²) in [6.45, 7) is 1.86. The summed E-state index contributed by atoms with van der Waals surface area (Å²) < 4.78 is 19.0. The van der Waals surface area contributed by atoms with Gasteiger partial charge in [-0.2, -0.15) is 0 Å². The van der Waals surface area contributed by atoms with Crippen molar-refractivity contribution < 1.29 is 18.8 Å². The van der Waals surface area contributed by atoms with Crippen LogP contribution in [0.15, 0.2) is 36.4 Å². The molecule has 0 bridgehead atoms. The topological polar surface area (TPSA) is 69.4 Å². The van der Waals surface area contributed by atoms with Gasteiger partial charge in [0.05, 0.1) is 10.5 Å². The minimum atomic E-state index is -0.756. The quantitative estimate of drug-likeness (QED) is 0.475. The van der Waals surface area contributed by atoms with Crippen molar-refractivity contribution in [2.24, 2.45) is 0 Å². The third kappa shape index (κ3) is 3.05. The SMILES string of the molecule is CCc1ccc(Oc2c(F)cccc2C=O)c([N+](=O)[O-])c1. The largest absolute Gasteiger partial charge is 0.446 e. The van der Waals surface area contributed by atoms with E-state index in [9.17, 15) is 19.3 Å². The Morgan fingerprint density at radius 3 is 2.71 bits per heavy atom. The number of rotatable bonds is 5. The maximum absolute atomic E-state index is 13.7. The van der Waals surface area contributed by atoms with Crippen LogP contribution in [0.5, 0.6) is 11.5 Å². The molecule has 0 saturated heterocycles. The lowest BCUT2D eigenvalue weighted by molar-refractivity contribution is -0.385. The highest BCUT2D eigenvalue weighted by Crippen LogP contribution is 2.34. The highest BCUT2D eigenvalue weighted by Gasteiger charge is 2.19. The molecule has 108 valence electrons. The van der Waals surface area contributed by atoms with Crippen LogP contribution in [0.2, 0.25) is 0 Å². The summed E-state index contributed by atoms with van der Waals surface area (Å²) in [4.78, 5) is 21.4. The molecule has 0 fully saturated rings. The number of aryl methyl sites for hydroxylation is 1. The highest BCUT2D eigenvalue weighted by atomic mass is 19.1. The number of aldehydes is 1. The van der Waals surface area contributed by atoms with Crippen LogP contribution in [0.1, 0.15) is 22.8 Å². The van der Waals surface area contributed by atoms with E-state index in [1.807, 2.05) is 6.92 Å². The van der Waals surface area contributed by atoms with Crippen LogP contribution >= 0.6 is 0 Å². The van der Waals surface area contributed by atoms with E-state index in [1.165, 1.54) is 24.3 Å². The second-order valence-corrected chi connectivity index (χ2v) is 4.29. The lowest BCUT2D eigenvalue weighted by Gasteiger charge is -2.10. The van der Waals surface area contributed by atoms with Crippen LogP contribution in [-0.4, -0.2) is 11.2 Å². The molecule has 0 aliphatic carbocycles. The molecule has 0 heterocycles. The standard InChI is InChI=1S/C15H12FNO4/c1-2-10-6-7-14(13(8-10)17(19)20)21-15-11(9-18)4-3-5-12(15)16/h3-9H,2H2,1H3. The Morgan fingerprint density at radius 1 is 1.33 bits per heavy atom. The smallest absolute Gasteiger partial charge is 0.311 e. The van der Waals surface area contributed by atoms with Gasteiger partial charge in [0.1, 0.15) is 0 Å². The first kappa shape index (κ1) is 14.6. The molecule has 0 unspecified atom stereocenters. The molecular weight excluding hydrogens is 277 g/mol. The lowest BCUT2D eigenvalue weighted by atomic mass is 10.1. The fourth-order valence-corrected chi connectivity index (χ4v) is 1.85. The van der Waals surface area contributed by atoms with Crippen molar-refractivity contribution in [3.05, 3.63) is 63.5 Å². The second kappa shape index (κ2) is 6.13. The maximum Gasteiger partial charge on any atom is 0.311 e. The zero-order valence-electron chi connectivity index (χ0n) is 11.2. The van der Waals surface area contributed by atoms with Gasteiger partial charge in [0.25, 0.3) is 0 Å². The first-order chi connectivity index (χ1) is 10.1. The Hall–Kier alpha value is -2.76. The van der Waals surface area contributed by atoms with E-state index in [0.717, 1.165) is 11.6 Å². The Bertz CT molecular complexity index is 700. The minimum absolute atomic E-state index is 0.0103. The number of carbonyl (C=O) groups excluding carboxylic acids is 1. The molecule has 2 rings (SSSR count). The Balaban J connectivity index is 2.49. The fourth-order valence-electron chi connectivity index (χ4n) is 1.85. The number of nitro groups is 1. The molecule has 5 nitrogen and oxygen atoms in total. The summed E-state index contributed by atoms with van der Waals surface area (Å²) in [7, 11) is 0. The van der Waals surface area contributed by atoms with Gasteiger partial charge in [-0.05, 0) is 30.2 Å². The third-order valence-electron chi connectivity index (χ3n) is 2.96. The van der Waals surface area contributed by atoms with Crippen molar-refractivity contribution in [1.82, 2.24) is 0 Å². The number of hydrogen-bond acceptors (Lipinski definition) is 4. The minimum Gasteiger partial charge on any atom is -0.446 e. The van der Waals surface area contributed by atoms with E-state index in [-0.39, 0.29) is 22.7 Å². The number of ether oxygens (including phenoxy) is 1. The molecule has 0 aliphatic heterocycles. The number of benzene rings is 2. The van der Waals surface area contributed by atoms with E-state index in [4.69, 9.17) is 4.74 Å². The van der Waals surface area contributed by atoms with Crippen molar-refractivity contribution in [3.63, 3.8) is 0 Å². The molecule has 2 aromatic rings. The average molecular weight is 289 g/mol. The molecular formula is C15H12FNO4.